The largest absolute Gasteiger partial charge is 0.351 e. The maximum absolute atomic E-state index is 13.6. The van der Waals surface area contributed by atoms with Crippen LogP contribution in [0.25, 0.3) is 11.0 Å². The lowest BCUT2D eigenvalue weighted by Gasteiger charge is -2.54. The molecule has 0 radical (unpaired) electrons. The maximum atomic E-state index is 13.6. The average Bonchev–Trinajstić information content (AvgIpc) is 3.79. The first-order chi connectivity index (χ1) is 28.5. The van der Waals surface area contributed by atoms with Crippen LogP contribution in [-0.4, -0.2) is 108 Å². The third kappa shape index (κ3) is 6.96. The molecule has 59 heavy (non-hydrogen) atoms. The van der Waals surface area contributed by atoms with Crippen molar-refractivity contribution >= 4 is 58.6 Å². The molecule has 314 valence electrons. The summed E-state index contributed by atoms with van der Waals surface area (Å²) in [5.74, 6) is 1.72. The predicted octanol–water partition coefficient (Wildman–Crippen LogP) is 4.06. The van der Waals surface area contributed by atoms with E-state index >= 15 is 0 Å². The van der Waals surface area contributed by atoms with Gasteiger partial charge >= 0.3 is 5.69 Å². The van der Waals surface area contributed by atoms with Crippen molar-refractivity contribution in [2.24, 2.45) is 18.4 Å². The van der Waals surface area contributed by atoms with Gasteiger partial charge in [0.1, 0.15) is 11.9 Å². The summed E-state index contributed by atoms with van der Waals surface area (Å²) in [4.78, 5) is 78.4. The molecule has 7 heterocycles. The molecular weight excluding hydrogens is 769 g/mol. The number of fused-ring (bicyclic) bond motifs is 3. The number of hydrogen-bond donors (Lipinski definition) is 2. The molecule has 4 amide bonds. The van der Waals surface area contributed by atoms with E-state index in [4.69, 9.17) is 9.97 Å². The van der Waals surface area contributed by atoms with Crippen molar-refractivity contribution in [2.45, 2.75) is 120 Å². The van der Waals surface area contributed by atoms with E-state index < -0.39 is 11.9 Å². The minimum Gasteiger partial charge on any atom is -0.351 e. The molecule has 2 saturated carbocycles. The minimum absolute atomic E-state index is 0.168. The Kier molecular flexibility index (Phi) is 9.90. The zero-order valence-corrected chi connectivity index (χ0v) is 35.1. The summed E-state index contributed by atoms with van der Waals surface area (Å²) in [5, 5.41) is 5.99. The second kappa shape index (κ2) is 15.0. The first-order valence-corrected chi connectivity index (χ1v) is 22.7. The number of likely N-dealkylation sites (tertiary alicyclic amines) is 1. The summed E-state index contributed by atoms with van der Waals surface area (Å²) in [6.07, 6.45) is 13.8. The van der Waals surface area contributed by atoms with Gasteiger partial charge in [0.05, 0.1) is 16.4 Å². The number of amides is 4. The van der Waals surface area contributed by atoms with Crippen LogP contribution in [0.5, 0.6) is 0 Å². The molecule has 0 bridgehead atoms. The topological polar surface area (TPSA) is 158 Å². The first-order valence-electron chi connectivity index (χ1n) is 22.0. The Labute approximate surface area is 348 Å². The average molecular weight is 825 g/mol. The lowest BCUT2D eigenvalue weighted by molar-refractivity contribution is -0.137. The highest BCUT2D eigenvalue weighted by atomic mass is 32.2. The van der Waals surface area contributed by atoms with Crippen molar-refractivity contribution in [1.29, 1.82) is 0 Å². The molecule has 15 nitrogen and oxygen atoms in total. The van der Waals surface area contributed by atoms with Crippen LogP contribution in [0.2, 0.25) is 0 Å². The Morgan fingerprint density at radius 2 is 1.76 bits per heavy atom. The monoisotopic (exact) mass is 824 g/mol. The Morgan fingerprint density at radius 1 is 0.949 bits per heavy atom. The van der Waals surface area contributed by atoms with E-state index in [1.54, 1.807) is 11.6 Å². The van der Waals surface area contributed by atoms with Gasteiger partial charge < -0.3 is 10.2 Å². The number of benzene rings is 1. The molecule has 3 aromatic rings. The van der Waals surface area contributed by atoms with Crippen LogP contribution in [0.15, 0.2) is 29.2 Å². The summed E-state index contributed by atoms with van der Waals surface area (Å²) >= 11 is 1.86. The molecule has 2 aliphatic carbocycles. The zero-order chi connectivity index (χ0) is 40.6. The van der Waals surface area contributed by atoms with Crippen molar-refractivity contribution in [3.63, 3.8) is 0 Å². The van der Waals surface area contributed by atoms with Gasteiger partial charge in [0.25, 0.3) is 0 Å². The summed E-state index contributed by atoms with van der Waals surface area (Å²) in [6.45, 7) is 7.86. The minimum atomic E-state index is -0.707. The number of piperidine rings is 3. The lowest BCUT2D eigenvalue weighted by atomic mass is 9.75. The third-order valence-electron chi connectivity index (χ3n) is 14.6. The van der Waals surface area contributed by atoms with Gasteiger partial charge in [0, 0.05) is 101 Å². The molecule has 3 unspecified atom stereocenters. The first kappa shape index (κ1) is 38.9. The number of carbonyl (C=O) groups excluding carboxylic acids is 4. The molecule has 16 heteroatoms. The summed E-state index contributed by atoms with van der Waals surface area (Å²) < 4.78 is 7.99. The molecule has 6 fully saturated rings. The van der Waals surface area contributed by atoms with E-state index in [9.17, 15) is 24.0 Å². The predicted molar refractivity (Wildman–Crippen MR) is 224 cm³/mol. The van der Waals surface area contributed by atoms with Crippen LogP contribution in [0.3, 0.4) is 0 Å². The zero-order valence-electron chi connectivity index (χ0n) is 34.3. The Hall–Kier alpha value is -4.28. The SMILES string of the molecule is CC1CCCC1N1C(=O)C2(CC2)c2cnc(NC3CCN(SN4CC5(CCCN(C(=O)CCCc6ccc7c(c6)n(C)c(=O)n7C6CCC(=O)NC6=O)C5)C4)CC3)nc21. The van der Waals surface area contributed by atoms with Gasteiger partial charge in [-0.05, 0) is 94.2 Å². The van der Waals surface area contributed by atoms with Crippen molar-refractivity contribution in [2.75, 3.05) is 49.5 Å². The number of nitrogens with zero attached hydrogens (tertiary/aromatic N) is 8. The molecule has 2 aromatic heterocycles. The summed E-state index contributed by atoms with van der Waals surface area (Å²) in [6, 6.07) is 5.67. The summed E-state index contributed by atoms with van der Waals surface area (Å²) in [7, 11) is 1.70. The van der Waals surface area contributed by atoms with E-state index in [1.807, 2.05) is 36.5 Å². The van der Waals surface area contributed by atoms with Crippen LogP contribution in [0.4, 0.5) is 11.8 Å². The van der Waals surface area contributed by atoms with Gasteiger partial charge in [0.15, 0.2) is 0 Å². The van der Waals surface area contributed by atoms with Crippen LogP contribution in [0.1, 0.15) is 108 Å². The number of nitrogens with one attached hydrogen (secondary N) is 2. The molecule has 2 spiro atoms. The van der Waals surface area contributed by atoms with Gasteiger partial charge in [-0.3, -0.25) is 38.5 Å². The van der Waals surface area contributed by atoms with Crippen molar-refractivity contribution in [3.8, 4) is 0 Å². The number of anilines is 2. The van der Waals surface area contributed by atoms with Crippen LogP contribution in [-0.2, 0) is 38.1 Å². The standard InChI is InChI=1S/C43H56N10O5S/c1-27-6-3-8-31(27)53-37-30(43(17-18-43)39(53)57)23-44-40(47-37)45-29-14-20-50(21-15-29)59-51-25-42(26-51)16-5-19-49(24-42)36(55)9-4-7-28-10-11-32-34(22-28)48(2)41(58)52(32)33-12-13-35(54)46-38(33)56/h10-11,22-23,27,29,31,33H,3-9,12-21,24-26H2,1-2H3,(H,44,45,47)(H,46,54,56). The Bertz CT molecular complexity index is 2260. The molecule has 10 rings (SSSR count). The lowest BCUT2D eigenvalue weighted by Crippen LogP contribution is -2.62. The fraction of sp³-hybridized carbons (Fsp3) is 0.651. The quantitative estimate of drug-likeness (QED) is 0.225. The van der Waals surface area contributed by atoms with Crippen LogP contribution in [0, 0.1) is 11.3 Å². The van der Waals surface area contributed by atoms with Gasteiger partial charge in [0.2, 0.25) is 29.6 Å². The highest BCUT2D eigenvalue weighted by molar-refractivity contribution is 7.94. The van der Waals surface area contributed by atoms with E-state index in [-0.39, 0.29) is 46.7 Å². The molecule has 3 atom stereocenters. The van der Waals surface area contributed by atoms with E-state index in [1.165, 1.54) is 17.4 Å². The second-order valence-electron chi connectivity index (χ2n) is 18.7. The third-order valence-corrected chi connectivity index (χ3v) is 15.7. The molecular formula is C43H56N10O5S. The fourth-order valence-corrected chi connectivity index (χ4v) is 12.5. The number of aryl methyl sites for hydroxylation is 2. The number of carbonyl (C=O) groups is 4. The van der Waals surface area contributed by atoms with E-state index in [0.29, 0.717) is 36.3 Å². The van der Waals surface area contributed by atoms with E-state index in [0.717, 1.165) is 120 Å². The summed E-state index contributed by atoms with van der Waals surface area (Å²) in [5.41, 5.74) is 3.03. The number of imide groups is 1. The van der Waals surface area contributed by atoms with E-state index in [2.05, 4.69) is 36.0 Å². The van der Waals surface area contributed by atoms with Gasteiger partial charge in [-0.15, -0.1) is 0 Å². The normalized spacial score (nSPS) is 26.8. The smallest absolute Gasteiger partial charge is 0.329 e. The number of imidazole rings is 1. The van der Waals surface area contributed by atoms with Crippen molar-refractivity contribution < 1.29 is 19.2 Å². The molecule has 7 aliphatic rings. The maximum Gasteiger partial charge on any atom is 0.329 e. The van der Waals surface area contributed by atoms with Crippen molar-refractivity contribution in [1.82, 2.24) is 37.9 Å². The molecule has 2 N–H and O–H groups in total. The molecule has 5 aliphatic heterocycles. The second-order valence-corrected chi connectivity index (χ2v) is 19.9. The number of hydrogen-bond acceptors (Lipinski definition) is 11. The molecule has 1 aromatic carbocycles. The van der Waals surface area contributed by atoms with Crippen molar-refractivity contribution in [3.05, 3.63) is 46.0 Å². The number of rotatable bonds is 10. The van der Waals surface area contributed by atoms with Gasteiger partial charge in [-0.25, -0.2) is 18.4 Å². The Morgan fingerprint density at radius 3 is 2.51 bits per heavy atom. The van der Waals surface area contributed by atoms with Crippen LogP contribution < -0.4 is 21.2 Å². The van der Waals surface area contributed by atoms with Gasteiger partial charge in [-0.1, -0.05) is 19.4 Å². The highest BCUT2D eigenvalue weighted by Gasteiger charge is 2.62. The number of aromatic nitrogens is 4. The Balaban J connectivity index is 0.677. The van der Waals surface area contributed by atoms with Gasteiger partial charge in [-0.2, -0.15) is 4.98 Å². The fourth-order valence-electron chi connectivity index (χ4n) is 11.1. The highest BCUT2D eigenvalue weighted by Crippen LogP contribution is 2.58. The molecule has 4 saturated heterocycles. The van der Waals surface area contributed by atoms with Crippen LogP contribution >= 0.6 is 12.1 Å².